The molecule has 27 heavy (non-hydrogen) atoms. The Balaban J connectivity index is 1.43. The lowest BCUT2D eigenvalue weighted by molar-refractivity contribution is 0.150. The topological polar surface area (TPSA) is 9.23 Å². The molecule has 130 valence electrons. The van der Waals surface area contributed by atoms with Crippen molar-refractivity contribution in [3.8, 4) is 0 Å². The van der Waals surface area contributed by atoms with Crippen molar-refractivity contribution < 1.29 is 4.74 Å². The Morgan fingerprint density at radius 2 is 1.33 bits per heavy atom. The van der Waals surface area contributed by atoms with Crippen LogP contribution in [0.4, 0.5) is 0 Å². The Morgan fingerprint density at radius 1 is 0.630 bits per heavy atom. The van der Waals surface area contributed by atoms with Crippen molar-refractivity contribution in [3.63, 3.8) is 0 Å². The van der Waals surface area contributed by atoms with Gasteiger partial charge in [-0.25, -0.2) is 0 Å². The zero-order valence-electron chi connectivity index (χ0n) is 15.1. The first-order valence-electron chi connectivity index (χ1n) is 9.35. The van der Waals surface area contributed by atoms with Gasteiger partial charge in [-0.05, 0) is 43.4 Å². The summed E-state index contributed by atoms with van der Waals surface area (Å²) in [6.45, 7) is 1.23. The summed E-state index contributed by atoms with van der Waals surface area (Å²) in [6, 6.07) is 30.1. The second-order valence-corrected chi connectivity index (χ2v) is 6.91. The molecule has 0 amide bonds. The maximum Gasteiger partial charge on any atom is 0.0727 e. The molecule has 0 saturated heterocycles. The van der Waals surface area contributed by atoms with Gasteiger partial charge < -0.3 is 4.74 Å². The highest BCUT2D eigenvalue weighted by Gasteiger charge is 2.10. The van der Waals surface area contributed by atoms with E-state index in [1.165, 1.54) is 43.4 Å². The fraction of sp³-hybridized carbons (Fsp3) is 0.0769. The fourth-order valence-electron chi connectivity index (χ4n) is 3.91. The molecule has 0 bridgehead atoms. The van der Waals surface area contributed by atoms with E-state index in [0.717, 1.165) is 0 Å². The molecule has 0 aromatic heterocycles. The molecule has 0 heterocycles. The second kappa shape index (κ2) is 6.86. The summed E-state index contributed by atoms with van der Waals surface area (Å²) in [5, 5.41) is 7.90. The number of benzene rings is 5. The van der Waals surface area contributed by atoms with E-state index in [2.05, 4.69) is 78.9 Å². The van der Waals surface area contributed by atoms with E-state index in [9.17, 15) is 0 Å². The summed E-state index contributed by atoms with van der Waals surface area (Å²) in [6.07, 6.45) is 4.18. The summed E-state index contributed by atoms with van der Waals surface area (Å²) in [7, 11) is 0. The average Bonchev–Trinajstić information content (AvgIpc) is 2.73. The van der Waals surface area contributed by atoms with Gasteiger partial charge in [-0.3, -0.25) is 0 Å². The third-order valence-electron chi connectivity index (χ3n) is 5.20. The molecule has 1 nitrogen and oxygen atoms in total. The van der Waals surface area contributed by atoms with Gasteiger partial charge in [-0.2, -0.15) is 0 Å². The van der Waals surface area contributed by atoms with E-state index in [0.29, 0.717) is 13.2 Å². The van der Waals surface area contributed by atoms with E-state index in [-0.39, 0.29) is 0 Å². The van der Waals surface area contributed by atoms with Crippen molar-refractivity contribution >= 4 is 38.4 Å². The number of hydrogen-bond donors (Lipinski definition) is 0. The summed E-state index contributed by atoms with van der Waals surface area (Å²) in [5.74, 6) is 0. The Kier molecular flexibility index (Phi) is 4.08. The summed E-state index contributed by atoms with van der Waals surface area (Å²) >= 11 is 0. The SMILES string of the molecule is C(=C\c1ccccc1)/COCc1ccc2ccc3cccc4ccc1c2c34. The van der Waals surface area contributed by atoms with Crippen molar-refractivity contribution in [1.29, 1.82) is 0 Å². The minimum absolute atomic E-state index is 0.608. The molecule has 0 atom stereocenters. The first-order valence-corrected chi connectivity index (χ1v) is 9.35. The first-order chi connectivity index (χ1) is 13.4. The van der Waals surface area contributed by atoms with Gasteiger partial charge in [-0.1, -0.05) is 97.1 Å². The van der Waals surface area contributed by atoms with Crippen molar-refractivity contribution in [2.45, 2.75) is 6.61 Å². The molecule has 0 unspecified atom stereocenters. The van der Waals surface area contributed by atoms with Crippen LogP contribution in [0.2, 0.25) is 0 Å². The van der Waals surface area contributed by atoms with E-state index in [4.69, 9.17) is 4.74 Å². The zero-order valence-corrected chi connectivity index (χ0v) is 15.1. The van der Waals surface area contributed by atoms with Gasteiger partial charge in [0.25, 0.3) is 0 Å². The van der Waals surface area contributed by atoms with Crippen molar-refractivity contribution in [2.75, 3.05) is 6.61 Å². The van der Waals surface area contributed by atoms with E-state index in [1.807, 2.05) is 18.2 Å². The molecule has 5 aromatic rings. The zero-order chi connectivity index (χ0) is 18.1. The molecule has 0 radical (unpaired) electrons. The number of ether oxygens (including phenoxy) is 1. The van der Waals surface area contributed by atoms with E-state index >= 15 is 0 Å². The largest absolute Gasteiger partial charge is 0.373 e. The number of hydrogen-bond acceptors (Lipinski definition) is 1. The predicted molar refractivity (Wildman–Crippen MR) is 115 cm³/mol. The third kappa shape index (κ3) is 2.97. The molecule has 0 aliphatic rings. The highest BCUT2D eigenvalue weighted by Crippen LogP contribution is 2.36. The van der Waals surface area contributed by atoms with Gasteiger partial charge in [0.05, 0.1) is 13.2 Å². The Morgan fingerprint density at radius 3 is 2.15 bits per heavy atom. The van der Waals surface area contributed by atoms with E-state index in [1.54, 1.807) is 0 Å². The summed E-state index contributed by atoms with van der Waals surface area (Å²) in [5.41, 5.74) is 2.44. The molecule has 5 rings (SSSR count). The summed E-state index contributed by atoms with van der Waals surface area (Å²) in [4.78, 5) is 0. The highest BCUT2D eigenvalue weighted by molar-refractivity contribution is 6.23. The van der Waals surface area contributed by atoms with Crippen molar-refractivity contribution in [3.05, 3.63) is 102 Å². The van der Waals surface area contributed by atoms with Gasteiger partial charge in [0.1, 0.15) is 0 Å². The Bertz CT molecular complexity index is 1220. The van der Waals surface area contributed by atoms with Crippen LogP contribution < -0.4 is 0 Å². The normalized spacial score (nSPS) is 12.0. The quantitative estimate of drug-likeness (QED) is 0.250. The van der Waals surface area contributed by atoms with Crippen LogP contribution in [0.3, 0.4) is 0 Å². The van der Waals surface area contributed by atoms with Crippen LogP contribution in [0.1, 0.15) is 11.1 Å². The molecule has 0 aliphatic heterocycles. The van der Waals surface area contributed by atoms with Crippen LogP contribution in [0.5, 0.6) is 0 Å². The standard InChI is InChI=1S/C26H20O/c1-2-6-19(7-3-1)8-5-17-27-18-23-14-13-22-12-11-20-9-4-10-21-15-16-24(23)26(22)25(20)21/h1-16H,17-18H2/b8-5+. The number of rotatable bonds is 5. The van der Waals surface area contributed by atoms with Gasteiger partial charge in [-0.15, -0.1) is 0 Å². The molecule has 0 spiro atoms. The lowest BCUT2D eigenvalue weighted by Gasteiger charge is -2.13. The molecule has 0 N–H and O–H groups in total. The smallest absolute Gasteiger partial charge is 0.0727 e. The maximum atomic E-state index is 5.94. The lowest BCUT2D eigenvalue weighted by atomic mass is 9.92. The van der Waals surface area contributed by atoms with Gasteiger partial charge in [0, 0.05) is 0 Å². The van der Waals surface area contributed by atoms with Crippen LogP contribution in [0, 0.1) is 0 Å². The third-order valence-corrected chi connectivity index (χ3v) is 5.20. The average molecular weight is 348 g/mol. The van der Waals surface area contributed by atoms with Crippen LogP contribution in [-0.4, -0.2) is 6.61 Å². The van der Waals surface area contributed by atoms with Crippen LogP contribution in [0.15, 0.2) is 91.0 Å². The highest BCUT2D eigenvalue weighted by atomic mass is 16.5. The molecule has 0 aliphatic carbocycles. The van der Waals surface area contributed by atoms with Crippen molar-refractivity contribution in [2.24, 2.45) is 0 Å². The molecule has 0 saturated carbocycles. The van der Waals surface area contributed by atoms with Gasteiger partial charge in [0.2, 0.25) is 0 Å². The van der Waals surface area contributed by atoms with Crippen LogP contribution in [-0.2, 0) is 11.3 Å². The maximum absolute atomic E-state index is 5.94. The minimum atomic E-state index is 0.608. The van der Waals surface area contributed by atoms with Crippen LogP contribution >= 0.6 is 0 Å². The lowest BCUT2D eigenvalue weighted by Crippen LogP contribution is -1.95. The van der Waals surface area contributed by atoms with Crippen LogP contribution in [0.25, 0.3) is 38.4 Å². The van der Waals surface area contributed by atoms with Crippen molar-refractivity contribution in [1.82, 2.24) is 0 Å². The van der Waals surface area contributed by atoms with Gasteiger partial charge in [0.15, 0.2) is 0 Å². The predicted octanol–water partition coefficient (Wildman–Crippen LogP) is 6.81. The second-order valence-electron chi connectivity index (χ2n) is 6.91. The molecule has 5 aromatic carbocycles. The minimum Gasteiger partial charge on any atom is -0.373 e. The molecule has 0 fully saturated rings. The fourth-order valence-corrected chi connectivity index (χ4v) is 3.91. The molecular weight excluding hydrogens is 328 g/mol. The monoisotopic (exact) mass is 348 g/mol. The molecular formula is C26H20O. The van der Waals surface area contributed by atoms with E-state index < -0.39 is 0 Å². The Hall–Kier alpha value is -3.16. The molecule has 1 heteroatoms. The van der Waals surface area contributed by atoms with Gasteiger partial charge >= 0.3 is 0 Å². The summed E-state index contributed by atoms with van der Waals surface area (Å²) < 4.78 is 5.94. The first kappa shape index (κ1) is 16.0. The Labute approximate surface area is 158 Å².